The third kappa shape index (κ3) is 5.25. The maximum absolute atomic E-state index is 6.00. The zero-order chi connectivity index (χ0) is 13.4. The van der Waals surface area contributed by atoms with Crippen molar-refractivity contribution in [2.75, 3.05) is 20.2 Å². The van der Waals surface area contributed by atoms with Crippen LogP contribution in [0.15, 0.2) is 18.2 Å². The summed E-state index contributed by atoms with van der Waals surface area (Å²) in [7, 11) is 1.68. The first-order chi connectivity index (χ1) is 8.67. The van der Waals surface area contributed by atoms with Crippen LogP contribution in [0.5, 0.6) is 5.75 Å². The number of benzene rings is 1. The molecule has 1 aromatic rings. The SMILES string of the molecule is CCCNCC(C)NCc1cc(Cl)ccc1OC. The van der Waals surface area contributed by atoms with Crippen LogP contribution >= 0.6 is 11.6 Å². The predicted molar refractivity (Wildman–Crippen MR) is 77.5 cm³/mol. The molecular weight excluding hydrogens is 248 g/mol. The molecule has 1 atom stereocenters. The lowest BCUT2D eigenvalue weighted by atomic mass is 10.2. The van der Waals surface area contributed by atoms with E-state index in [1.165, 1.54) is 0 Å². The summed E-state index contributed by atoms with van der Waals surface area (Å²) in [5.74, 6) is 0.876. The summed E-state index contributed by atoms with van der Waals surface area (Å²) in [5.41, 5.74) is 1.09. The molecule has 0 bridgehead atoms. The Morgan fingerprint density at radius 2 is 2.17 bits per heavy atom. The second-order valence-electron chi connectivity index (χ2n) is 4.44. The van der Waals surface area contributed by atoms with E-state index in [1.807, 2.05) is 18.2 Å². The largest absolute Gasteiger partial charge is 0.496 e. The van der Waals surface area contributed by atoms with Gasteiger partial charge in [0.2, 0.25) is 0 Å². The molecule has 0 amide bonds. The van der Waals surface area contributed by atoms with E-state index in [9.17, 15) is 0 Å². The van der Waals surface area contributed by atoms with Gasteiger partial charge in [0.25, 0.3) is 0 Å². The Labute approximate surface area is 115 Å². The standard InChI is InChI=1S/C14H23ClN2O/c1-4-7-16-9-11(2)17-10-12-8-13(15)5-6-14(12)18-3/h5-6,8,11,16-17H,4,7,9-10H2,1-3H3. The molecule has 0 heterocycles. The molecule has 0 aliphatic rings. The van der Waals surface area contributed by atoms with Gasteiger partial charge in [-0.05, 0) is 38.1 Å². The molecule has 2 N–H and O–H groups in total. The summed E-state index contributed by atoms with van der Waals surface area (Å²) < 4.78 is 5.32. The molecular formula is C14H23ClN2O. The van der Waals surface area contributed by atoms with E-state index in [0.717, 1.165) is 42.4 Å². The van der Waals surface area contributed by atoms with Crippen LogP contribution < -0.4 is 15.4 Å². The second kappa shape index (κ2) is 8.35. The molecule has 0 spiro atoms. The zero-order valence-electron chi connectivity index (χ0n) is 11.4. The highest BCUT2D eigenvalue weighted by atomic mass is 35.5. The molecule has 18 heavy (non-hydrogen) atoms. The highest BCUT2D eigenvalue weighted by Crippen LogP contribution is 2.22. The van der Waals surface area contributed by atoms with E-state index in [0.29, 0.717) is 6.04 Å². The van der Waals surface area contributed by atoms with Gasteiger partial charge in [0, 0.05) is 29.7 Å². The summed E-state index contributed by atoms with van der Waals surface area (Å²) in [6.45, 7) is 7.13. The fourth-order valence-corrected chi connectivity index (χ4v) is 1.93. The van der Waals surface area contributed by atoms with Crippen molar-refractivity contribution in [1.29, 1.82) is 0 Å². The average Bonchev–Trinajstić information content (AvgIpc) is 2.37. The van der Waals surface area contributed by atoms with Gasteiger partial charge in [-0.3, -0.25) is 0 Å². The summed E-state index contributed by atoms with van der Waals surface area (Å²) in [6, 6.07) is 6.11. The Balaban J connectivity index is 2.44. The first kappa shape index (κ1) is 15.3. The molecule has 0 aliphatic heterocycles. The Bertz CT molecular complexity index is 358. The number of rotatable bonds is 8. The summed E-state index contributed by atoms with van der Waals surface area (Å²) in [4.78, 5) is 0. The minimum atomic E-state index is 0.417. The second-order valence-corrected chi connectivity index (χ2v) is 4.88. The van der Waals surface area contributed by atoms with Crippen LogP contribution in [-0.2, 0) is 6.54 Å². The average molecular weight is 271 g/mol. The molecule has 0 radical (unpaired) electrons. The van der Waals surface area contributed by atoms with E-state index >= 15 is 0 Å². The number of ether oxygens (including phenoxy) is 1. The Kier molecular flexibility index (Phi) is 7.09. The van der Waals surface area contributed by atoms with E-state index in [4.69, 9.17) is 16.3 Å². The summed E-state index contributed by atoms with van der Waals surface area (Å²) in [6.07, 6.45) is 1.16. The van der Waals surface area contributed by atoms with Gasteiger partial charge in [-0.25, -0.2) is 0 Å². The van der Waals surface area contributed by atoms with Gasteiger partial charge in [0.05, 0.1) is 7.11 Å². The summed E-state index contributed by atoms with van der Waals surface area (Å²) in [5, 5.41) is 7.59. The van der Waals surface area contributed by atoms with E-state index in [2.05, 4.69) is 24.5 Å². The quantitative estimate of drug-likeness (QED) is 0.713. The van der Waals surface area contributed by atoms with Crippen LogP contribution in [0.4, 0.5) is 0 Å². The van der Waals surface area contributed by atoms with Gasteiger partial charge in [0.1, 0.15) is 5.75 Å². The van der Waals surface area contributed by atoms with Crippen LogP contribution in [0.3, 0.4) is 0 Å². The van der Waals surface area contributed by atoms with E-state index in [-0.39, 0.29) is 0 Å². The highest BCUT2D eigenvalue weighted by Gasteiger charge is 2.06. The normalized spacial score (nSPS) is 12.4. The number of nitrogens with one attached hydrogen (secondary N) is 2. The molecule has 0 aromatic heterocycles. The molecule has 1 rings (SSSR count). The topological polar surface area (TPSA) is 33.3 Å². The number of hydrogen-bond donors (Lipinski definition) is 2. The fraction of sp³-hybridized carbons (Fsp3) is 0.571. The Morgan fingerprint density at radius 1 is 1.39 bits per heavy atom. The molecule has 0 saturated heterocycles. The van der Waals surface area contributed by atoms with Gasteiger partial charge >= 0.3 is 0 Å². The molecule has 0 saturated carbocycles. The maximum Gasteiger partial charge on any atom is 0.123 e. The van der Waals surface area contributed by atoms with Crippen LogP contribution in [0.1, 0.15) is 25.8 Å². The minimum absolute atomic E-state index is 0.417. The highest BCUT2D eigenvalue weighted by molar-refractivity contribution is 6.30. The van der Waals surface area contributed by atoms with Crippen molar-refractivity contribution >= 4 is 11.6 Å². The van der Waals surface area contributed by atoms with Crippen LogP contribution in [0.25, 0.3) is 0 Å². The Morgan fingerprint density at radius 3 is 2.83 bits per heavy atom. The van der Waals surface area contributed by atoms with Crippen molar-refractivity contribution in [2.24, 2.45) is 0 Å². The van der Waals surface area contributed by atoms with Gasteiger partial charge in [-0.2, -0.15) is 0 Å². The smallest absolute Gasteiger partial charge is 0.123 e. The van der Waals surface area contributed by atoms with Crippen molar-refractivity contribution in [3.8, 4) is 5.75 Å². The van der Waals surface area contributed by atoms with Crippen molar-refractivity contribution in [3.63, 3.8) is 0 Å². The zero-order valence-corrected chi connectivity index (χ0v) is 12.2. The lowest BCUT2D eigenvalue weighted by Crippen LogP contribution is -2.36. The number of methoxy groups -OCH3 is 1. The minimum Gasteiger partial charge on any atom is -0.496 e. The van der Waals surface area contributed by atoms with Gasteiger partial charge in [-0.1, -0.05) is 18.5 Å². The summed E-state index contributed by atoms with van der Waals surface area (Å²) >= 11 is 6.00. The molecule has 4 heteroatoms. The monoisotopic (exact) mass is 270 g/mol. The third-order valence-electron chi connectivity index (χ3n) is 2.76. The van der Waals surface area contributed by atoms with Crippen molar-refractivity contribution in [1.82, 2.24) is 10.6 Å². The van der Waals surface area contributed by atoms with Crippen molar-refractivity contribution < 1.29 is 4.74 Å². The van der Waals surface area contributed by atoms with Crippen molar-refractivity contribution in [3.05, 3.63) is 28.8 Å². The lowest BCUT2D eigenvalue weighted by molar-refractivity contribution is 0.405. The molecule has 1 unspecified atom stereocenters. The molecule has 3 nitrogen and oxygen atoms in total. The first-order valence-corrected chi connectivity index (χ1v) is 6.81. The third-order valence-corrected chi connectivity index (χ3v) is 3.00. The molecule has 0 aliphatic carbocycles. The fourth-order valence-electron chi connectivity index (χ4n) is 1.74. The maximum atomic E-state index is 6.00. The Hall–Kier alpha value is -0.770. The van der Waals surface area contributed by atoms with Crippen LogP contribution in [0, 0.1) is 0 Å². The van der Waals surface area contributed by atoms with E-state index in [1.54, 1.807) is 7.11 Å². The van der Waals surface area contributed by atoms with Crippen molar-refractivity contribution in [2.45, 2.75) is 32.9 Å². The molecule has 1 aromatic carbocycles. The first-order valence-electron chi connectivity index (χ1n) is 6.43. The lowest BCUT2D eigenvalue weighted by Gasteiger charge is -2.16. The van der Waals surface area contributed by atoms with Gasteiger partial charge in [0.15, 0.2) is 0 Å². The number of hydrogen-bond acceptors (Lipinski definition) is 3. The number of halogens is 1. The van der Waals surface area contributed by atoms with Crippen LogP contribution in [0.2, 0.25) is 5.02 Å². The van der Waals surface area contributed by atoms with E-state index < -0.39 is 0 Å². The predicted octanol–water partition coefficient (Wildman–Crippen LogP) is 2.83. The van der Waals surface area contributed by atoms with Gasteiger partial charge < -0.3 is 15.4 Å². The molecule has 0 fully saturated rings. The van der Waals surface area contributed by atoms with Crippen LogP contribution in [-0.4, -0.2) is 26.2 Å². The molecule has 102 valence electrons. The van der Waals surface area contributed by atoms with Gasteiger partial charge in [-0.15, -0.1) is 0 Å².